The number of rotatable bonds is 9. The number of furan rings is 1. The van der Waals surface area contributed by atoms with E-state index < -0.39 is 0 Å². The van der Waals surface area contributed by atoms with Gasteiger partial charge in [0, 0.05) is 19.0 Å². The fraction of sp³-hybridized carbons (Fsp3) is 0.429. The molecule has 0 unspecified atom stereocenters. The zero-order valence-electron chi connectivity index (χ0n) is 16.2. The van der Waals surface area contributed by atoms with Gasteiger partial charge in [-0.3, -0.25) is 9.59 Å². The Morgan fingerprint density at radius 3 is 2.33 bits per heavy atom. The molecule has 146 valence electrons. The van der Waals surface area contributed by atoms with Crippen LogP contribution in [0.2, 0.25) is 0 Å². The molecule has 0 saturated carbocycles. The third-order valence-electron chi connectivity index (χ3n) is 4.19. The number of carbonyl (C=O) groups is 2. The number of nitrogens with zero attached hydrogens (tertiary/aromatic N) is 2. The Kier molecular flexibility index (Phi) is 7.58. The molecule has 0 saturated heterocycles. The van der Waals surface area contributed by atoms with Crippen LogP contribution in [0.5, 0.6) is 0 Å². The van der Waals surface area contributed by atoms with Gasteiger partial charge in [-0.15, -0.1) is 0 Å². The van der Waals surface area contributed by atoms with Crippen molar-refractivity contribution in [1.29, 1.82) is 0 Å². The highest BCUT2D eigenvalue weighted by atomic mass is 19.1. The molecule has 2 amide bonds. The molecule has 0 aliphatic heterocycles. The summed E-state index contributed by atoms with van der Waals surface area (Å²) in [6.45, 7) is 6.79. The van der Waals surface area contributed by atoms with Crippen LogP contribution in [0, 0.1) is 11.7 Å². The number of benzene rings is 1. The molecule has 0 aliphatic carbocycles. The van der Waals surface area contributed by atoms with Gasteiger partial charge >= 0.3 is 0 Å². The Balaban J connectivity index is 2.15. The Morgan fingerprint density at radius 1 is 1.07 bits per heavy atom. The monoisotopic (exact) mass is 374 g/mol. The molecule has 6 heteroatoms. The number of hydrogen-bond donors (Lipinski definition) is 0. The molecule has 1 aromatic carbocycles. The molecule has 0 N–H and O–H groups in total. The van der Waals surface area contributed by atoms with E-state index >= 15 is 0 Å². The first-order valence-corrected chi connectivity index (χ1v) is 9.24. The zero-order valence-corrected chi connectivity index (χ0v) is 16.2. The van der Waals surface area contributed by atoms with E-state index in [4.69, 9.17) is 4.42 Å². The first kappa shape index (κ1) is 20.7. The van der Waals surface area contributed by atoms with Crippen LogP contribution in [0.4, 0.5) is 4.39 Å². The lowest BCUT2D eigenvalue weighted by atomic mass is 10.1. The summed E-state index contributed by atoms with van der Waals surface area (Å²) in [4.78, 5) is 28.6. The van der Waals surface area contributed by atoms with Gasteiger partial charge in [-0.2, -0.15) is 0 Å². The lowest BCUT2D eigenvalue weighted by molar-refractivity contribution is -0.143. The van der Waals surface area contributed by atoms with Gasteiger partial charge in [-0.25, -0.2) is 4.39 Å². The first-order valence-electron chi connectivity index (χ1n) is 9.24. The Hall–Kier alpha value is -2.63. The minimum Gasteiger partial charge on any atom is -0.467 e. The van der Waals surface area contributed by atoms with Gasteiger partial charge in [0.25, 0.3) is 0 Å². The highest BCUT2D eigenvalue weighted by Gasteiger charge is 2.23. The van der Waals surface area contributed by atoms with Crippen LogP contribution in [0.15, 0.2) is 47.1 Å². The summed E-state index contributed by atoms with van der Waals surface area (Å²) in [6.07, 6.45) is 2.34. The van der Waals surface area contributed by atoms with Gasteiger partial charge < -0.3 is 14.2 Å². The minimum atomic E-state index is -0.320. The van der Waals surface area contributed by atoms with Gasteiger partial charge in [0.15, 0.2) is 0 Å². The van der Waals surface area contributed by atoms with Crippen LogP contribution in [0.3, 0.4) is 0 Å². The summed E-state index contributed by atoms with van der Waals surface area (Å²) in [6, 6.07) is 9.62. The highest BCUT2D eigenvalue weighted by molar-refractivity contribution is 5.85. The van der Waals surface area contributed by atoms with Gasteiger partial charge in [-0.05, 0) is 36.2 Å². The van der Waals surface area contributed by atoms with E-state index in [-0.39, 0.29) is 30.1 Å². The predicted molar refractivity (Wildman–Crippen MR) is 101 cm³/mol. The second-order valence-electron chi connectivity index (χ2n) is 6.87. The topological polar surface area (TPSA) is 53.8 Å². The summed E-state index contributed by atoms with van der Waals surface area (Å²) in [5.74, 6) is -0.0370. The Morgan fingerprint density at radius 2 is 1.78 bits per heavy atom. The van der Waals surface area contributed by atoms with Crippen molar-refractivity contribution >= 4 is 11.8 Å². The third kappa shape index (κ3) is 6.24. The maximum Gasteiger partial charge on any atom is 0.242 e. The molecule has 0 bridgehead atoms. The largest absolute Gasteiger partial charge is 0.467 e. The van der Waals surface area contributed by atoms with Crippen LogP contribution in [-0.4, -0.2) is 34.7 Å². The van der Waals surface area contributed by atoms with E-state index in [0.29, 0.717) is 25.4 Å². The van der Waals surface area contributed by atoms with Crippen molar-refractivity contribution in [2.45, 2.75) is 40.3 Å². The molecular weight excluding hydrogens is 347 g/mol. The third-order valence-corrected chi connectivity index (χ3v) is 4.19. The van der Waals surface area contributed by atoms with Gasteiger partial charge in [-0.1, -0.05) is 32.9 Å². The zero-order chi connectivity index (χ0) is 19.8. The van der Waals surface area contributed by atoms with E-state index in [1.807, 2.05) is 20.8 Å². The van der Waals surface area contributed by atoms with Crippen molar-refractivity contribution in [3.05, 3.63) is 59.8 Å². The molecule has 1 heterocycles. The SMILES string of the molecule is CCCN(CC(=O)N(Cc1ccc(F)cc1)Cc1ccco1)C(=O)C(C)C. The average molecular weight is 374 g/mol. The van der Waals surface area contributed by atoms with E-state index in [2.05, 4.69) is 0 Å². The van der Waals surface area contributed by atoms with Crippen LogP contribution < -0.4 is 0 Å². The van der Waals surface area contributed by atoms with Crippen molar-refractivity contribution in [1.82, 2.24) is 9.80 Å². The maximum atomic E-state index is 13.2. The lowest BCUT2D eigenvalue weighted by Crippen LogP contribution is -2.44. The fourth-order valence-electron chi connectivity index (χ4n) is 2.80. The fourth-order valence-corrected chi connectivity index (χ4v) is 2.80. The summed E-state index contributed by atoms with van der Waals surface area (Å²) in [5.41, 5.74) is 0.813. The first-order chi connectivity index (χ1) is 12.9. The Bertz CT molecular complexity index is 726. The summed E-state index contributed by atoms with van der Waals surface area (Å²) in [7, 11) is 0. The van der Waals surface area contributed by atoms with E-state index in [1.54, 1.807) is 40.3 Å². The normalized spacial score (nSPS) is 10.9. The van der Waals surface area contributed by atoms with Crippen LogP contribution in [-0.2, 0) is 22.7 Å². The average Bonchev–Trinajstić information content (AvgIpc) is 3.15. The van der Waals surface area contributed by atoms with Crippen LogP contribution in [0.25, 0.3) is 0 Å². The minimum absolute atomic E-state index is 0.0206. The van der Waals surface area contributed by atoms with Crippen LogP contribution >= 0.6 is 0 Å². The summed E-state index contributed by atoms with van der Waals surface area (Å²) >= 11 is 0. The molecule has 0 atom stereocenters. The van der Waals surface area contributed by atoms with Crippen molar-refractivity contribution in [2.24, 2.45) is 5.92 Å². The molecule has 0 radical (unpaired) electrons. The van der Waals surface area contributed by atoms with E-state index in [1.165, 1.54) is 12.1 Å². The molecular formula is C21H27FN2O3. The smallest absolute Gasteiger partial charge is 0.242 e. The van der Waals surface area contributed by atoms with Gasteiger partial charge in [0.05, 0.1) is 19.4 Å². The molecule has 5 nitrogen and oxygen atoms in total. The predicted octanol–water partition coefficient (Wildman–Crippen LogP) is 3.84. The standard InChI is InChI=1S/C21H27FN2O3/c1-4-11-23(21(26)16(2)3)15-20(25)24(14-19-6-5-12-27-19)13-17-7-9-18(22)10-8-17/h5-10,12,16H,4,11,13-15H2,1-3H3. The molecule has 2 rings (SSSR count). The summed E-state index contributed by atoms with van der Waals surface area (Å²) < 4.78 is 18.5. The molecule has 2 aromatic rings. The molecule has 0 aliphatic rings. The van der Waals surface area contributed by atoms with Crippen molar-refractivity contribution < 1.29 is 18.4 Å². The van der Waals surface area contributed by atoms with Crippen molar-refractivity contribution in [2.75, 3.05) is 13.1 Å². The number of hydrogen-bond acceptors (Lipinski definition) is 3. The summed E-state index contributed by atoms with van der Waals surface area (Å²) in [5, 5.41) is 0. The number of halogens is 1. The van der Waals surface area contributed by atoms with Gasteiger partial charge in [0.1, 0.15) is 11.6 Å². The van der Waals surface area contributed by atoms with Crippen LogP contribution in [0.1, 0.15) is 38.5 Å². The molecule has 27 heavy (non-hydrogen) atoms. The second-order valence-corrected chi connectivity index (χ2v) is 6.87. The van der Waals surface area contributed by atoms with Crippen molar-refractivity contribution in [3.63, 3.8) is 0 Å². The van der Waals surface area contributed by atoms with E-state index in [0.717, 1.165) is 12.0 Å². The number of carbonyl (C=O) groups excluding carboxylic acids is 2. The lowest BCUT2D eigenvalue weighted by Gasteiger charge is -2.28. The second kappa shape index (κ2) is 9.90. The maximum absolute atomic E-state index is 13.2. The van der Waals surface area contributed by atoms with Crippen molar-refractivity contribution in [3.8, 4) is 0 Å². The quantitative estimate of drug-likeness (QED) is 0.670. The Labute approximate surface area is 159 Å². The number of amides is 2. The molecule has 0 fully saturated rings. The van der Waals surface area contributed by atoms with E-state index in [9.17, 15) is 14.0 Å². The highest BCUT2D eigenvalue weighted by Crippen LogP contribution is 2.13. The molecule has 0 spiro atoms. The van der Waals surface area contributed by atoms with Gasteiger partial charge in [0.2, 0.25) is 11.8 Å². The molecule has 1 aromatic heterocycles.